The summed E-state index contributed by atoms with van der Waals surface area (Å²) in [6.07, 6.45) is 3.52. The zero-order valence-corrected chi connectivity index (χ0v) is 17.1. The molecule has 1 aliphatic rings. The third-order valence-corrected chi connectivity index (χ3v) is 5.05. The van der Waals surface area contributed by atoms with Gasteiger partial charge in [-0.25, -0.2) is 13.9 Å². The van der Waals surface area contributed by atoms with Crippen molar-refractivity contribution < 1.29 is 18.7 Å². The number of nitrogens with one attached hydrogen (secondary N) is 2. The lowest BCUT2D eigenvalue weighted by Crippen LogP contribution is -2.38. The van der Waals surface area contributed by atoms with Crippen molar-refractivity contribution >= 4 is 28.8 Å². The molecule has 2 N–H and O–H groups in total. The average molecular weight is 426 g/mol. The fourth-order valence-electron chi connectivity index (χ4n) is 3.45. The van der Waals surface area contributed by atoms with Crippen LogP contribution < -0.4 is 10.6 Å². The third kappa shape index (κ3) is 4.86. The molecular weight excluding hydrogens is 403 g/mol. The van der Waals surface area contributed by atoms with Gasteiger partial charge in [0.15, 0.2) is 5.65 Å². The first-order valence-corrected chi connectivity index (χ1v) is 10.0. The summed E-state index contributed by atoms with van der Waals surface area (Å²) in [5, 5.41) is 9.59. The van der Waals surface area contributed by atoms with Crippen LogP contribution in [0.25, 0.3) is 5.65 Å². The van der Waals surface area contributed by atoms with E-state index >= 15 is 0 Å². The second-order valence-corrected chi connectivity index (χ2v) is 7.25. The Kier molecular flexibility index (Phi) is 6.19. The zero-order valence-electron chi connectivity index (χ0n) is 17.1. The summed E-state index contributed by atoms with van der Waals surface area (Å²) in [5.74, 6) is -1.29. The molecular formula is C21H23FN6O3. The molecule has 1 aromatic carbocycles. The van der Waals surface area contributed by atoms with E-state index in [0.717, 1.165) is 13.1 Å². The largest absolute Gasteiger partial charge is 0.379 e. The maximum Gasteiger partial charge on any atom is 0.261 e. The minimum Gasteiger partial charge on any atom is -0.379 e. The Labute approximate surface area is 178 Å². The number of aryl methyl sites for hydroxylation is 1. The summed E-state index contributed by atoms with van der Waals surface area (Å²) in [7, 11) is 0. The van der Waals surface area contributed by atoms with Crippen LogP contribution in [0.15, 0.2) is 36.7 Å². The lowest BCUT2D eigenvalue weighted by atomic mass is 10.2. The maximum absolute atomic E-state index is 14.2. The molecule has 3 aromatic rings. The van der Waals surface area contributed by atoms with Gasteiger partial charge in [-0.1, -0.05) is 0 Å². The van der Waals surface area contributed by atoms with E-state index in [4.69, 9.17) is 4.74 Å². The Hall–Kier alpha value is -3.37. The van der Waals surface area contributed by atoms with E-state index in [1.807, 2.05) is 0 Å². The molecule has 4 rings (SSSR count). The van der Waals surface area contributed by atoms with Gasteiger partial charge >= 0.3 is 0 Å². The van der Waals surface area contributed by atoms with E-state index in [1.165, 1.54) is 22.7 Å². The lowest BCUT2D eigenvalue weighted by molar-refractivity contribution is -0.116. The molecule has 0 radical (unpaired) electrons. The average Bonchev–Trinajstić information content (AvgIpc) is 3.11. The van der Waals surface area contributed by atoms with Crippen LogP contribution in [0.1, 0.15) is 22.5 Å². The van der Waals surface area contributed by atoms with E-state index in [0.29, 0.717) is 42.4 Å². The molecule has 1 aliphatic heterocycles. The molecule has 1 saturated heterocycles. The van der Waals surface area contributed by atoms with Gasteiger partial charge in [0.25, 0.3) is 5.91 Å². The molecule has 0 spiro atoms. The number of carbonyl (C=O) groups is 2. The van der Waals surface area contributed by atoms with Gasteiger partial charge in [0.2, 0.25) is 5.91 Å². The van der Waals surface area contributed by atoms with Gasteiger partial charge in [-0.05, 0) is 31.2 Å². The molecule has 3 heterocycles. The number of fused-ring (bicyclic) bond motifs is 1. The number of benzene rings is 1. The third-order valence-electron chi connectivity index (χ3n) is 5.05. The normalized spacial score (nSPS) is 14.5. The predicted molar refractivity (Wildman–Crippen MR) is 113 cm³/mol. The molecule has 10 heteroatoms. The van der Waals surface area contributed by atoms with Crippen LogP contribution >= 0.6 is 0 Å². The lowest BCUT2D eigenvalue weighted by Gasteiger charge is -2.26. The fourth-order valence-corrected chi connectivity index (χ4v) is 3.45. The number of halogens is 1. The van der Waals surface area contributed by atoms with Crippen LogP contribution in [0.3, 0.4) is 0 Å². The molecule has 31 heavy (non-hydrogen) atoms. The summed E-state index contributed by atoms with van der Waals surface area (Å²) in [6.45, 7) is 5.16. The second kappa shape index (κ2) is 9.19. The summed E-state index contributed by atoms with van der Waals surface area (Å²) >= 11 is 0. The number of rotatable bonds is 6. The van der Waals surface area contributed by atoms with Crippen LogP contribution in [0.2, 0.25) is 0 Å². The van der Waals surface area contributed by atoms with Gasteiger partial charge in [0.1, 0.15) is 11.4 Å². The minimum absolute atomic E-state index is 0.0134. The fraction of sp³-hybridized carbons (Fsp3) is 0.333. The van der Waals surface area contributed by atoms with Crippen LogP contribution in [-0.2, 0) is 9.53 Å². The second-order valence-electron chi connectivity index (χ2n) is 7.25. The Morgan fingerprint density at radius 1 is 1.23 bits per heavy atom. The highest BCUT2D eigenvalue weighted by Crippen LogP contribution is 2.22. The highest BCUT2D eigenvalue weighted by molar-refractivity contribution is 6.09. The number of hydrogen-bond donors (Lipinski definition) is 2. The van der Waals surface area contributed by atoms with Gasteiger partial charge in [-0.15, -0.1) is 0 Å². The summed E-state index contributed by atoms with van der Waals surface area (Å²) in [6, 6.07) is 5.75. The number of nitrogens with zero attached hydrogens (tertiary/aromatic N) is 4. The van der Waals surface area contributed by atoms with E-state index in [9.17, 15) is 14.0 Å². The van der Waals surface area contributed by atoms with Crippen molar-refractivity contribution in [2.45, 2.75) is 13.3 Å². The van der Waals surface area contributed by atoms with Crippen molar-refractivity contribution in [1.29, 1.82) is 0 Å². The van der Waals surface area contributed by atoms with E-state index in [1.54, 1.807) is 25.4 Å². The summed E-state index contributed by atoms with van der Waals surface area (Å²) in [4.78, 5) is 31.4. The number of anilines is 2. The molecule has 0 bridgehead atoms. The number of amides is 2. The summed E-state index contributed by atoms with van der Waals surface area (Å²) in [5.41, 5.74) is 1.65. The van der Waals surface area contributed by atoms with Crippen molar-refractivity contribution in [3.05, 3.63) is 53.7 Å². The predicted octanol–water partition coefficient (Wildman–Crippen LogP) is 2.09. The number of ether oxygens (including phenoxy) is 1. The molecule has 162 valence electrons. The number of carbonyl (C=O) groups excluding carboxylic acids is 2. The van der Waals surface area contributed by atoms with E-state index in [-0.39, 0.29) is 18.0 Å². The molecule has 0 unspecified atom stereocenters. The van der Waals surface area contributed by atoms with Gasteiger partial charge < -0.3 is 15.4 Å². The SMILES string of the molecule is Cc1nn2cccnc2c1C(=O)Nc1ccc(F)c(NC(=O)CCN2CCOCC2)c1. The Morgan fingerprint density at radius 2 is 2.03 bits per heavy atom. The van der Waals surface area contributed by atoms with Crippen molar-refractivity contribution in [2.75, 3.05) is 43.5 Å². The monoisotopic (exact) mass is 426 g/mol. The first kappa shape index (κ1) is 20.9. The Bertz CT molecular complexity index is 1110. The van der Waals surface area contributed by atoms with Crippen LogP contribution in [0.5, 0.6) is 0 Å². The standard InChI is InChI=1S/C21H23FN6O3/c1-14-19(20-23-6-2-7-28(20)26-14)21(30)24-15-3-4-16(22)17(13-15)25-18(29)5-8-27-9-11-31-12-10-27/h2-4,6-7,13H,5,8-12H2,1H3,(H,24,30)(H,25,29). The molecule has 0 atom stereocenters. The molecule has 0 saturated carbocycles. The van der Waals surface area contributed by atoms with Crippen LogP contribution in [0, 0.1) is 12.7 Å². The van der Waals surface area contributed by atoms with Gasteiger partial charge in [-0.3, -0.25) is 14.5 Å². The number of aromatic nitrogens is 3. The Morgan fingerprint density at radius 3 is 2.84 bits per heavy atom. The maximum atomic E-state index is 14.2. The molecule has 2 aromatic heterocycles. The molecule has 0 aliphatic carbocycles. The number of morpholine rings is 1. The van der Waals surface area contributed by atoms with Crippen molar-refractivity contribution in [2.24, 2.45) is 0 Å². The van der Waals surface area contributed by atoms with Gasteiger partial charge in [0, 0.05) is 44.1 Å². The quantitative estimate of drug-likeness (QED) is 0.626. The van der Waals surface area contributed by atoms with Crippen LogP contribution in [0.4, 0.5) is 15.8 Å². The summed E-state index contributed by atoms with van der Waals surface area (Å²) < 4.78 is 21.0. The highest BCUT2D eigenvalue weighted by atomic mass is 19.1. The van der Waals surface area contributed by atoms with Crippen LogP contribution in [-0.4, -0.2) is 64.2 Å². The van der Waals surface area contributed by atoms with Gasteiger partial charge in [0.05, 0.1) is 24.6 Å². The van der Waals surface area contributed by atoms with Gasteiger partial charge in [-0.2, -0.15) is 5.10 Å². The molecule has 2 amide bonds. The van der Waals surface area contributed by atoms with E-state index < -0.39 is 11.7 Å². The van der Waals surface area contributed by atoms with Crippen molar-refractivity contribution in [1.82, 2.24) is 19.5 Å². The van der Waals surface area contributed by atoms with E-state index in [2.05, 4.69) is 25.6 Å². The first-order chi connectivity index (χ1) is 15.0. The highest BCUT2D eigenvalue weighted by Gasteiger charge is 2.19. The topological polar surface area (TPSA) is 101 Å². The molecule has 9 nitrogen and oxygen atoms in total. The molecule has 1 fully saturated rings. The smallest absolute Gasteiger partial charge is 0.261 e. The minimum atomic E-state index is -0.577. The zero-order chi connectivity index (χ0) is 21.8. The first-order valence-electron chi connectivity index (χ1n) is 10.0. The van der Waals surface area contributed by atoms with Crippen molar-refractivity contribution in [3.63, 3.8) is 0 Å². The number of hydrogen-bond acceptors (Lipinski definition) is 6. The van der Waals surface area contributed by atoms with Crippen molar-refractivity contribution in [3.8, 4) is 0 Å². The Balaban J connectivity index is 1.43.